The molecule has 0 spiro atoms. The summed E-state index contributed by atoms with van der Waals surface area (Å²) in [7, 11) is 2.13. The van der Waals surface area contributed by atoms with E-state index in [2.05, 4.69) is 36.8 Å². The first-order valence-corrected chi connectivity index (χ1v) is 6.37. The number of hydrogen-bond donors (Lipinski definition) is 0. The first-order valence-electron chi connectivity index (χ1n) is 5.84. The van der Waals surface area contributed by atoms with Crippen molar-refractivity contribution in [1.29, 1.82) is 0 Å². The van der Waals surface area contributed by atoms with Gasteiger partial charge >= 0.3 is 0 Å². The number of anilines is 1. The fourth-order valence-electron chi connectivity index (χ4n) is 1.85. The first kappa shape index (κ1) is 13.3. The van der Waals surface area contributed by atoms with Gasteiger partial charge in [-0.3, -0.25) is 4.98 Å². The van der Waals surface area contributed by atoms with Crippen molar-refractivity contribution in [3.63, 3.8) is 0 Å². The molecule has 0 radical (unpaired) electrons. The molecule has 0 saturated heterocycles. The minimum absolute atomic E-state index is 0.520. The Labute approximate surface area is 104 Å². The van der Waals surface area contributed by atoms with Gasteiger partial charge in [0.25, 0.3) is 0 Å². The zero-order chi connectivity index (χ0) is 12.1. The van der Waals surface area contributed by atoms with E-state index in [0.717, 1.165) is 11.3 Å². The highest BCUT2D eigenvalue weighted by molar-refractivity contribution is 6.17. The van der Waals surface area contributed by atoms with Crippen LogP contribution in [0.25, 0.3) is 0 Å². The summed E-state index contributed by atoms with van der Waals surface area (Å²) in [6, 6.07) is 2.65. The normalized spacial score (nSPS) is 12.6. The summed E-state index contributed by atoms with van der Waals surface area (Å²) in [5.74, 6) is 0.520. The number of aromatic nitrogens is 1. The molecule has 1 atom stereocenters. The molecule has 16 heavy (non-hydrogen) atoms. The van der Waals surface area contributed by atoms with Crippen LogP contribution in [0.2, 0.25) is 0 Å². The molecule has 1 aromatic rings. The predicted octanol–water partition coefficient (Wildman–Crippen LogP) is 3.75. The van der Waals surface area contributed by atoms with Gasteiger partial charge in [0, 0.05) is 36.2 Å². The molecule has 90 valence electrons. The summed E-state index contributed by atoms with van der Waals surface area (Å²) in [5, 5.41) is 0. The third kappa shape index (κ3) is 3.11. The van der Waals surface area contributed by atoms with Crippen LogP contribution in [-0.4, -0.2) is 18.1 Å². The molecule has 1 rings (SSSR count). The Morgan fingerprint density at radius 2 is 2.19 bits per heavy atom. The summed E-state index contributed by atoms with van der Waals surface area (Å²) in [5.41, 5.74) is 3.36. The Morgan fingerprint density at radius 3 is 2.75 bits per heavy atom. The van der Waals surface area contributed by atoms with Crippen LogP contribution in [0.1, 0.15) is 37.9 Å². The lowest BCUT2D eigenvalue weighted by molar-refractivity contribution is 0.614. The minimum Gasteiger partial charge on any atom is -0.372 e. The Bertz CT molecular complexity index is 339. The number of rotatable bonds is 5. The summed E-state index contributed by atoms with van der Waals surface area (Å²) in [6.07, 6.45) is 4.28. The molecule has 3 heteroatoms. The summed E-state index contributed by atoms with van der Waals surface area (Å²) >= 11 is 5.94. The van der Waals surface area contributed by atoms with Gasteiger partial charge < -0.3 is 4.90 Å². The van der Waals surface area contributed by atoms with Crippen LogP contribution in [-0.2, 0) is 5.88 Å². The maximum absolute atomic E-state index is 5.94. The van der Waals surface area contributed by atoms with Crippen molar-refractivity contribution in [3.05, 3.63) is 23.5 Å². The molecular weight excluding hydrogens is 220 g/mol. The van der Waals surface area contributed by atoms with Gasteiger partial charge in [-0.25, -0.2) is 0 Å². The van der Waals surface area contributed by atoms with Crippen molar-refractivity contribution in [2.45, 2.75) is 45.5 Å². The molecule has 0 amide bonds. The molecule has 0 aliphatic heterocycles. The van der Waals surface area contributed by atoms with Gasteiger partial charge in [0.15, 0.2) is 0 Å². The monoisotopic (exact) mass is 240 g/mol. The summed E-state index contributed by atoms with van der Waals surface area (Å²) in [4.78, 5) is 6.59. The van der Waals surface area contributed by atoms with Gasteiger partial charge in [-0.05, 0) is 26.3 Å². The van der Waals surface area contributed by atoms with Crippen LogP contribution in [0, 0.1) is 6.92 Å². The van der Waals surface area contributed by atoms with Crippen LogP contribution in [0.4, 0.5) is 5.69 Å². The average molecular weight is 241 g/mol. The third-order valence-corrected chi connectivity index (χ3v) is 3.28. The van der Waals surface area contributed by atoms with E-state index in [9.17, 15) is 0 Å². The van der Waals surface area contributed by atoms with Crippen LogP contribution in [0.5, 0.6) is 0 Å². The van der Waals surface area contributed by atoms with Gasteiger partial charge in [-0.2, -0.15) is 0 Å². The van der Waals surface area contributed by atoms with E-state index in [1.807, 2.05) is 13.1 Å². The second kappa shape index (κ2) is 6.09. The lowest BCUT2D eigenvalue weighted by Crippen LogP contribution is -2.29. The maximum atomic E-state index is 5.94. The van der Waals surface area contributed by atoms with Crippen molar-refractivity contribution in [2.24, 2.45) is 0 Å². The zero-order valence-corrected chi connectivity index (χ0v) is 11.4. The van der Waals surface area contributed by atoms with E-state index in [1.54, 1.807) is 0 Å². The number of halogens is 1. The van der Waals surface area contributed by atoms with Crippen LogP contribution in [0.3, 0.4) is 0 Å². The first-order chi connectivity index (χ1) is 7.60. The topological polar surface area (TPSA) is 16.1 Å². The number of nitrogens with zero attached hydrogens (tertiary/aromatic N) is 2. The van der Waals surface area contributed by atoms with Gasteiger partial charge in [0.05, 0.1) is 5.88 Å². The molecule has 2 nitrogen and oxygen atoms in total. The zero-order valence-electron chi connectivity index (χ0n) is 10.6. The molecular formula is C13H21ClN2. The molecule has 1 aromatic heterocycles. The molecule has 0 aromatic carbocycles. The molecule has 0 saturated carbocycles. The lowest BCUT2D eigenvalue weighted by atomic mass is 10.1. The highest BCUT2D eigenvalue weighted by Crippen LogP contribution is 2.24. The quantitative estimate of drug-likeness (QED) is 0.729. The summed E-state index contributed by atoms with van der Waals surface area (Å²) < 4.78 is 0. The second-order valence-corrected chi connectivity index (χ2v) is 4.60. The standard InChI is InChI=1S/C13H21ClN2/c1-5-6-11(3)16(4)13-7-10(2)15-9-12(13)8-14/h7,9,11H,5-6,8H2,1-4H3. The molecule has 0 fully saturated rings. The number of hydrogen-bond acceptors (Lipinski definition) is 2. The van der Waals surface area contributed by atoms with Gasteiger partial charge in [-0.1, -0.05) is 13.3 Å². The molecule has 0 bridgehead atoms. The predicted molar refractivity (Wildman–Crippen MR) is 71.3 cm³/mol. The van der Waals surface area contributed by atoms with Crippen molar-refractivity contribution in [1.82, 2.24) is 4.98 Å². The average Bonchev–Trinajstić information content (AvgIpc) is 2.28. The molecule has 1 heterocycles. The van der Waals surface area contributed by atoms with Crippen LogP contribution >= 0.6 is 11.6 Å². The Balaban J connectivity index is 2.96. The maximum Gasteiger partial charge on any atom is 0.0509 e. The second-order valence-electron chi connectivity index (χ2n) is 4.34. The third-order valence-electron chi connectivity index (χ3n) is 2.99. The van der Waals surface area contributed by atoms with Crippen LogP contribution in [0.15, 0.2) is 12.3 Å². The van der Waals surface area contributed by atoms with E-state index in [0.29, 0.717) is 11.9 Å². The SMILES string of the molecule is CCCC(C)N(C)c1cc(C)ncc1CCl. The molecule has 0 N–H and O–H groups in total. The van der Waals surface area contributed by atoms with E-state index in [-0.39, 0.29) is 0 Å². The van der Waals surface area contributed by atoms with E-state index < -0.39 is 0 Å². The Kier molecular flexibility index (Phi) is 5.07. The number of aryl methyl sites for hydroxylation is 1. The van der Waals surface area contributed by atoms with Gasteiger partial charge in [0.2, 0.25) is 0 Å². The van der Waals surface area contributed by atoms with Gasteiger partial charge in [-0.15, -0.1) is 11.6 Å². The van der Waals surface area contributed by atoms with Gasteiger partial charge in [0.1, 0.15) is 0 Å². The Hall–Kier alpha value is -0.760. The minimum atomic E-state index is 0.520. The Morgan fingerprint density at radius 1 is 1.50 bits per heavy atom. The molecule has 0 aliphatic carbocycles. The molecule has 0 aliphatic rings. The van der Waals surface area contributed by atoms with Crippen molar-refractivity contribution < 1.29 is 0 Å². The summed E-state index contributed by atoms with van der Waals surface area (Å²) in [6.45, 7) is 6.47. The van der Waals surface area contributed by atoms with Crippen molar-refractivity contribution >= 4 is 17.3 Å². The van der Waals surface area contributed by atoms with E-state index in [1.165, 1.54) is 18.5 Å². The fraction of sp³-hybridized carbons (Fsp3) is 0.615. The highest BCUT2D eigenvalue weighted by Gasteiger charge is 2.13. The number of pyridine rings is 1. The largest absolute Gasteiger partial charge is 0.372 e. The molecule has 1 unspecified atom stereocenters. The lowest BCUT2D eigenvalue weighted by Gasteiger charge is -2.28. The highest BCUT2D eigenvalue weighted by atomic mass is 35.5. The van der Waals surface area contributed by atoms with Crippen molar-refractivity contribution in [3.8, 4) is 0 Å². The smallest absolute Gasteiger partial charge is 0.0509 e. The van der Waals surface area contributed by atoms with Crippen LogP contribution < -0.4 is 4.90 Å². The van der Waals surface area contributed by atoms with E-state index in [4.69, 9.17) is 11.6 Å². The number of alkyl halides is 1. The fourth-order valence-corrected chi connectivity index (χ4v) is 2.06. The van der Waals surface area contributed by atoms with Crippen molar-refractivity contribution in [2.75, 3.05) is 11.9 Å². The van der Waals surface area contributed by atoms with E-state index >= 15 is 0 Å².